The smallest absolute Gasteiger partial charge is 0.410 e. The van der Waals surface area contributed by atoms with Crippen molar-refractivity contribution in [3.05, 3.63) is 0 Å². The zero-order chi connectivity index (χ0) is 21.0. The van der Waals surface area contributed by atoms with Crippen molar-refractivity contribution in [2.45, 2.75) is 116 Å². The second-order valence-corrected chi connectivity index (χ2v) is 15.4. The highest BCUT2D eigenvalue weighted by molar-refractivity contribution is 6.74. The van der Waals surface area contributed by atoms with Crippen molar-refractivity contribution in [3.8, 4) is 0 Å². The molecule has 1 amide bonds. The van der Waals surface area contributed by atoms with Crippen LogP contribution in [0.15, 0.2) is 0 Å². The zero-order valence-electron chi connectivity index (χ0n) is 19.4. The van der Waals surface area contributed by atoms with Crippen LogP contribution in [0.4, 0.5) is 4.79 Å². The molecule has 0 aromatic carbocycles. The van der Waals surface area contributed by atoms with Gasteiger partial charge < -0.3 is 19.4 Å². The summed E-state index contributed by atoms with van der Waals surface area (Å²) in [5, 5.41) is 3.42. The average molecular weight is 401 g/mol. The molecular weight excluding hydrogens is 356 g/mol. The fourth-order valence-corrected chi connectivity index (χ4v) is 4.85. The van der Waals surface area contributed by atoms with Crippen LogP contribution in [0.5, 0.6) is 0 Å². The van der Waals surface area contributed by atoms with Gasteiger partial charge in [-0.05, 0) is 78.6 Å². The van der Waals surface area contributed by atoms with E-state index < -0.39 is 13.9 Å². The first kappa shape index (κ1) is 24.4. The number of rotatable bonds is 6. The van der Waals surface area contributed by atoms with Crippen molar-refractivity contribution < 1.29 is 14.0 Å². The van der Waals surface area contributed by atoms with E-state index in [1.165, 1.54) is 0 Å². The van der Waals surface area contributed by atoms with E-state index >= 15 is 0 Å². The molecule has 160 valence electrons. The van der Waals surface area contributed by atoms with Gasteiger partial charge in [-0.1, -0.05) is 20.8 Å². The molecule has 27 heavy (non-hydrogen) atoms. The highest BCUT2D eigenvalue weighted by Gasteiger charge is 2.41. The summed E-state index contributed by atoms with van der Waals surface area (Å²) in [5.41, 5.74) is -0.475. The van der Waals surface area contributed by atoms with Crippen molar-refractivity contribution in [1.82, 2.24) is 10.2 Å². The minimum atomic E-state index is -1.74. The van der Waals surface area contributed by atoms with E-state index in [1.54, 1.807) is 0 Å². The number of amides is 1. The van der Waals surface area contributed by atoms with Gasteiger partial charge in [-0.15, -0.1) is 0 Å². The fraction of sp³-hybridized carbons (Fsp3) is 0.952. The van der Waals surface area contributed by atoms with Crippen LogP contribution in [-0.2, 0) is 9.16 Å². The Labute approximate surface area is 168 Å². The molecule has 0 aromatic heterocycles. The molecule has 1 unspecified atom stereocenters. The molecule has 0 heterocycles. The number of likely N-dealkylation sites (N-methyl/N-ethyl adjacent to an activating group) is 1. The largest absolute Gasteiger partial charge is 0.444 e. The first-order valence-corrected chi connectivity index (χ1v) is 13.4. The molecule has 1 atom stereocenters. The third-order valence-corrected chi connectivity index (χ3v) is 10.4. The Morgan fingerprint density at radius 1 is 1.11 bits per heavy atom. The maximum atomic E-state index is 12.9. The molecule has 6 heteroatoms. The summed E-state index contributed by atoms with van der Waals surface area (Å²) < 4.78 is 12.3. The van der Waals surface area contributed by atoms with Gasteiger partial charge in [0.2, 0.25) is 0 Å². The molecule has 1 saturated carbocycles. The molecule has 0 saturated heterocycles. The predicted molar refractivity (Wildman–Crippen MR) is 116 cm³/mol. The van der Waals surface area contributed by atoms with Gasteiger partial charge in [0.15, 0.2) is 8.32 Å². The van der Waals surface area contributed by atoms with E-state index in [0.717, 1.165) is 32.2 Å². The normalized spacial score (nSPS) is 23.0. The Bertz CT molecular complexity index is 475. The zero-order valence-corrected chi connectivity index (χ0v) is 20.4. The lowest BCUT2D eigenvalue weighted by Crippen LogP contribution is -2.53. The van der Waals surface area contributed by atoms with Crippen LogP contribution in [0.25, 0.3) is 0 Å². The summed E-state index contributed by atoms with van der Waals surface area (Å²) in [5.74, 6) is 0. The molecule has 0 aliphatic heterocycles. The maximum absolute atomic E-state index is 12.9. The van der Waals surface area contributed by atoms with Crippen molar-refractivity contribution in [1.29, 1.82) is 0 Å². The van der Waals surface area contributed by atoms with E-state index in [0.29, 0.717) is 6.10 Å². The highest BCUT2D eigenvalue weighted by Crippen LogP contribution is 2.39. The van der Waals surface area contributed by atoms with Crippen LogP contribution < -0.4 is 5.32 Å². The molecule has 0 aromatic rings. The number of hydrogen-bond donors (Lipinski definition) is 1. The molecule has 0 radical (unpaired) electrons. The molecular formula is C21H44N2O3Si. The second-order valence-electron chi connectivity index (χ2n) is 10.6. The van der Waals surface area contributed by atoms with Crippen LogP contribution >= 0.6 is 0 Å². The number of nitrogens with zero attached hydrogens (tertiary/aromatic N) is 1. The summed E-state index contributed by atoms with van der Waals surface area (Å²) in [7, 11) is 0.180. The van der Waals surface area contributed by atoms with Gasteiger partial charge in [-0.25, -0.2) is 4.79 Å². The number of carbonyl (C=O) groups excluding carboxylic acids is 1. The van der Waals surface area contributed by atoms with E-state index in [4.69, 9.17) is 9.16 Å². The first-order valence-electron chi connectivity index (χ1n) is 10.5. The van der Waals surface area contributed by atoms with Crippen LogP contribution in [0.1, 0.15) is 74.1 Å². The Morgan fingerprint density at radius 2 is 1.63 bits per heavy atom. The van der Waals surface area contributed by atoms with Crippen molar-refractivity contribution in [2.75, 3.05) is 13.6 Å². The van der Waals surface area contributed by atoms with E-state index in [1.807, 2.05) is 32.7 Å². The van der Waals surface area contributed by atoms with Crippen LogP contribution in [0, 0.1) is 0 Å². The standard InChI is InChI=1S/C21H44N2O3Si/c1-16(15-22-8)23(19(24)25-20(2,3)4)17-11-13-18(14-12-17)26-27(9,10)21(5,6)7/h16-18,22H,11-15H2,1-10H3. The molecule has 1 N–H and O–H groups in total. The lowest BCUT2D eigenvalue weighted by Gasteiger charge is -2.44. The van der Waals surface area contributed by atoms with E-state index in [2.05, 4.69) is 46.1 Å². The Kier molecular flexibility index (Phi) is 8.39. The van der Waals surface area contributed by atoms with Gasteiger partial charge in [0.1, 0.15) is 5.60 Å². The first-order chi connectivity index (χ1) is 12.2. The van der Waals surface area contributed by atoms with Gasteiger partial charge in [-0.3, -0.25) is 0 Å². The van der Waals surface area contributed by atoms with E-state index in [-0.39, 0.29) is 23.2 Å². The summed E-state index contributed by atoms with van der Waals surface area (Å²) in [4.78, 5) is 14.8. The maximum Gasteiger partial charge on any atom is 0.410 e. The molecule has 1 rings (SSSR count). The molecule has 0 bridgehead atoms. The van der Waals surface area contributed by atoms with Crippen molar-refractivity contribution >= 4 is 14.4 Å². The summed E-state index contributed by atoms with van der Waals surface area (Å²) in [6, 6.07) is 0.329. The third-order valence-electron chi connectivity index (χ3n) is 5.88. The lowest BCUT2D eigenvalue weighted by atomic mass is 9.91. The van der Waals surface area contributed by atoms with Gasteiger partial charge >= 0.3 is 6.09 Å². The van der Waals surface area contributed by atoms with Gasteiger partial charge in [0.25, 0.3) is 0 Å². The second kappa shape index (κ2) is 9.27. The van der Waals surface area contributed by atoms with Gasteiger partial charge in [0.05, 0.1) is 0 Å². The predicted octanol–water partition coefficient (Wildman–Crippen LogP) is 5.16. The SMILES string of the molecule is CNCC(C)N(C(=O)OC(C)(C)C)C1CCC(O[Si](C)(C)C(C)(C)C)CC1. The monoisotopic (exact) mass is 400 g/mol. The summed E-state index contributed by atoms with van der Waals surface area (Å²) >= 11 is 0. The van der Waals surface area contributed by atoms with Crippen LogP contribution in [0.2, 0.25) is 18.1 Å². The molecule has 1 fully saturated rings. The number of ether oxygens (including phenoxy) is 1. The highest BCUT2D eigenvalue weighted by atomic mass is 28.4. The topological polar surface area (TPSA) is 50.8 Å². The molecule has 0 spiro atoms. The average Bonchev–Trinajstić information content (AvgIpc) is 2.46. The fourth-order valence-electron chi connectivity index (χ4n) is 3.43. The molecule has 1 aliphatic carbocycles. The Morgan fingerprint density at radius 3 is 2.04 bits per heavy atom. The van der Waals surface area contributed by atoms with Gasteiger partial charge in [0, 0.05) is 24.7 Å². The van der Waals surface area contributed by atoms with E-state index in [9.17, 15) is 4.79 Å². The summed E-state index contributed by atoms with van der Waals surface area (Å²) in [6.45, 7) is 20.1. The van der Waals surface area contributed by atoms with Crippen LogP contribution in [-0.4, -0.2) is 56.7 Å². The Hall–Kier alpha value is -0.593. The molecule has 5 nitrogen and oxygen atoms in total. The third kappa shape index (κ3) is 7.39. The number of hydrogen-bond acceptors (Lipinski definition) is 4. The van der Waals surface area contributed by atoms with Gasteiger partial charge in [-0.2, -0.15) is 0 Å². The Balaban J connectivity index is 2.77. The van der Waals surface area contributed by atoms with Crippen molar-refractivity contribution in [3.63, 3.8) is 0 Å². The number of nitrogens with one attached hydrogen (secondary N) is 1. The van der Waals surface area contributed by atoms with Crippen molar-refractivity contribution in [2.24, 2.45) is 0 Å². The number of carbonyl (C=O) groups is 1. The minimum absolute atomic E-state index is 0.104. The van der Waals surface area contributed by atoms with Crippen LogP contribution in [0.3, 0.4) is 0 Å². The lowest BCUT2D eigenvalue weighted by molar-refractivity contribution is -0.00415. The molecule has 1 aliphatic rings. The quantitative estimate of drug-likeness (QED) is 0.625. The minimum Gasteiger partial charge on any atom is -0.444 e. The summed E-state index contributed by atoms with van der Waals surface area (Å²) in [6.07, 6.45) is 4.12.